The quantitative estimate of drug-likeness (QED) is 0.354. The van der Waals surface area contributed by atoms with E-state index in [0.29, 0.717) is 11.3 Å². The number of allylic oxidation sites excluding steroid dienone is 1. The number of benzene rings is 1. The molecule has 5 nitrogen and oxygen atoms in total. The van der Waals surface area contributed by atoms with Gasteiger partial charge in [-0.15, -0.1) is 0 Å². The van der Waals surface area contributed by atoms with Crippen molar-refractivity contribution in [3.05, 3.63) is 46.5 Å². The Morgan fingerprint density at radius 2 is 2.06 bits per heavy atom. The second kappa shape index (κ2) is 5.00. The van der Waals surface area contributed by atoms with Crippen LogP contribution in [0.3, 0.4) is 0 Å². The highest BCUT2D eigenvalue weighted by atomic mass is 16.6. The SMILES string of the molecule is C=CC(=O)c1ccc(N2CCCC2)c([N+](=O)[O-])c1. The predicted molar refractivity (Wildman–Crippen MR) is 69.1 cm³/mol. The highest BCUT2D eigenvalue weighted by molar-refractivity contribution is 6.05. The van der Waals surface area contributed by atoms with E-state index < -0.39 is 4.92 Å². The third kappa shape index (κ3) is 2.25. The van der Waals surface area contributed by atoms with Crippen molar-refractivity contribution in [2.24, 2.45) is 0 Å². The standard InChI is InChI=1S/C13H14N2O3/c1-2-13(16)10-5-6-11(12(9-10)15(17)18)14-7-3-4-8-14/h2,5-6,9H,1,3-4,7-8H2. The number of anilines is 1. The molecule has 1 aliphatic heterocycles. The van der Waals surface area contributed by atoms with E-state index in [1.807, 2.05) is 4.90 Å². The fourth-order valence-electron chi connectivity index (χ4n) is 2.17. The molecule has 0 unspecified atom stereocenters. The first-order valence-corrected chi connectivity index (χ1v) is 5.83. The number of carbonyl (C=O) groups is 1. The average molecular weight is 246 g/mol. The molecule has 0 atom stereocenters. The lowest BCUT2D eigenvalue weighted by molar-refractivity contribution is -0.384. The third-order valence-electron chi connectivity index (χ3n) is 3.09. The smallest absolute Gasteiger partial charge is 0.293 e. The van der Waals surface area contributed by atoms with Crippen LogP contribution in [0, 0.1) is 10.1 Å². The Balaban J connectivity index is 2.43. The van der Waals surface area contributed by atoms with Gasteiger partial charge in [0.15, 0.2) is 5.78 Å². The summed E-state index contributed by atoms with van der Waals surface area (Å²) in [6.45, 7) is 5.04. The van der Waals surface area contributed by atoms with Gasteiger partial charge in [-0.05, 0) is 31.1 Å². The Labute approximate surface area is 105 Å². The van der Waals surface area contributed by atoms with Gasteiger partial charge in [-0.25, -0.2) is 0 Å². The van der Waals surface area contributed by atoms with Crippen LogP contribution < -0.4 is 4.90 Å². The minimum atomic E-state index is -0.437. The second-order valence-electron chi connectivity index (χ2n) is 4.22. The Bertz CT molecular complexity index is 505. The molecule has 18 heavy (non-hydrogen) atoms. The van der Waals surface area contributed by atoms with Gasteiger partial charge in [0, 0.05) is 24.7 Å². The van der Waals surface area contributed by atoms with Gasteiger partial charge in [-0.1, -0.05) is 6.58 Å². The molecule has 2 rings (SSSR count). The highest BCUT2D eigenvalue weighted by Crippen LogP contribution is 2.31. The summed E-state index contributed by atoms with van der Waals surface area (Å²) in [5, 5.41) is 11.1. The Morgan fingerprint density at radius 1 is 1.39 bits per heavy atom. The molecule has 1 saturated heterocycles. The highest BCUT2D eigenvalue weighted by Gasteiger charge is 2.23. The van der Waals surface area contributed by atoms with E-state index in [0.717, 1.165) is 32.0 Å². The first-order valence-electron chi connectivity index (χ1n) is 5.83. The van der Waals surface area contributed by atoms with E-state index in [4.69, 9.17) is 0 Å². The van der Waals surface area contributed by atoms with Gasteiger partial charge < -0.3 is 4.90 Å². The number of nitro groups is 1. The maximum Gasteiger partial charge on any atom is 0.293 e. The van der Waals surface area contributed by atoms with Crippen molar-refractivity contribution in [2.45, 2.75) is 12.8 Å². The number of hydrogen-bond acceptors (Lipinski definition) is 4. The summed E-state index contributed by atoms with van der Waals surface area (Å²) in [5.41, 5.74) is 0.891. The van der Waals surface area contributed by atoms with Gasteiger partial charge in [0.1, 0.15) is 5.69 Å². The zero-order valence-electron chi connectivity index (χ0n) is 9.96. The Morgan fingerprint density at radius 3 is 2.61 bits per heavy atom. The second-order valence-corrected chi connectivity index (χ2v) is 4.22. The van der Waals surface area contributed by atoms with Crippen molar-refractivity contribution < 1.29 is 9.72 Å². The zero-order chi connectivity index (χ0) is 13.1. The molecule has 0 spiro atoms. The molecule has 0 amide bonds. The van der Waals surface area contributed by atoms with Gasteiger partial charge in [0.2, 0.25) is 0 Å². The lowest BCUT2D eigenvalue weighted by Crippen LogP contribution is -2.19. The number of rotatable bonds is 4. The van der Waals surface area contributed by atoms with Crippen molar-refractivity contribution in [1.29, 1.82) is 0 Å². The van der Waals surface area contributed by atoms with Gasteiger partial charge in [0.05, 0.1) is 4.92 Å². The van der Waals surface area contributed by atoms with Crippen molar-refractivity contribution in [3.63, 3.8) is 0 Å². The van der Waals surface area contributed by atoms with Crippen molar-refractivity contribution in [1.82, 2.24) is 0 Å². The predicted octanol–water partition coefficient (Wildman–Crippen LogP) is 2.56. The summed E-state index contributed by atoms with van der Waals surface area (Å²) >= 11 is 0. The molecule has 0 aliphatic carbocycles. The fourth-order valence-corrected chi connectivity index (χ4v) is 2.17. The van der Waals surface area contributed by atoms with Crippen LogP contribution in [0.5, 0.6) is 0 Å². The summed E-state index contributed by atoms with van der Waals surface area (Å²) in [7, 11) is 0. The van der Waals surface area contributed by atoms with Crippen molar-refractivity contribution in [3.8, 4) is 0 Å². The molecular weight excluding hydrogens is 232 g/mol. The van der Waals surface area contributed by atoms with Gasteiger partial charge >= 0.3 is 0 Å². The first-order chi connectivity index (χ1) is 8.63. The number of carbonyl (C=O) groups excluding carboxylic acids is 1. The molecule has 0 saturated carbocycles. The number of nitro benzene ring substituents is 1. The van der Waals surface area contributed by atoms with E-state index in [9.17, 15) is 14.9 Å². The van der Waals surface area contributed by atoms with E-state index >= 15 is 0 Å². The van der Waals surface area contributed by atoms with Crippen molar-refractivity contribution in [2.75, 3.05) is 18.0 Å². The Hall–Kier alpha value is -2.17. The fraction of sp³-hybridized carbons (Fsp3) is 0.308. The van der Waals surface area contributed by atoms with Crippen LogP contribution >= 0.6 is 0 Å². The normalized spacial score (nSPS) is 14.6. The minimum absolute atomic E-state index is 0.00963. The molecule has 5 heteroatoms. The summed E-state index contributed by atoms with van der Waals surface area (Å²) in [6.07, 6.45) is 3.25. The van der Waals surface area contributed by atoms with Crippen LogP contribution in [0.2, 0.25) is 0 Å². The molecule has 0 aromatic heterocycles. The van der Waals surface area contributed by atoms with Crippen LogP contribution in [0.1, 0.15) is 23.2 Å². The van der Waals surface area contributed by atoms with E-state index in [1.165, 1.54) is 6.07 Å². The molecule has 0 N–H and O–H groups in total. The number of nitrogens with zero attached hydrogens (tertiary/aromatic N) is 2. The molecule has 0 bridgehead atoms. The molecular formula is C13H14N2O3. The topological polar surface area (TPSA) is 63.5 Å². The van der Waals surface area contributed by atoms with Crippen LogP contribution in [-0.2, 0) is 0 Å². The maximum atomic E-state index is 11.5. The number of hydrogen-bond donors (Lipinski definition) is 0. The molecule has 1 fully saturated rings. The molecule has 1 aliphatic rings. The summed E-state index contributed by atoms with van der Waals surface area (Å²) in [6, 6.07) is 4.60. The van der Waals surface area contributed by atoms with Crippen LogP contribution in [0.25, 0.3) is 0 Å². The van der Waals surface area contributed by atoms with Gasteiger partial charge in [0.25, 0.3) is 5.69 Å². The first kappa shape index (κ1) is 12.3. The molecule has 0 radical (unpaired) electrons. The Kier molecular flexibility index (Phi) is 3.41. The summed E-state index contributed by atoms with van der Waals surface area (Å²) in [5.74, 6) is -0.300. The molecule has 94 valence electrons. The van der Waals surface area contributed by atoms with E-state index in [2.05, 4.69) is 6.58 Å². The van der Waals surface area contributed by atoms with Gasteiger partial charge in [-0.3, -0.25) is 14.9 Å². The lowest BCUT2D eigenvalue weighted by Gasteiger charge is -2.17. The van der Waals surface area contributed by atoms with Crippen LogP contribution in [0.15, 0.2) is 30.9 Å². The minimum Gasteiger partial charge on any atom is -0.366 e. The van der Waals surface area contributed by atoms with Crippen LogP contribution in [-0.4, -0.2) is 23.8 Å². The third-order valence-corrected chi connectivity index (χ3v) is 3.09. The average Bonchev–Trinajstić information content (AvgIpc) is 2.90. The summed E-state index contributed by atoms with van der Waals surface area (Å²) in [4.78, 5) is 24.1. The largest absolute Gasteiger partial charge is 0.366 e. The number of ketones is 1. The molecule has 1 aromatic rings. The lowest BCUT2D eigenvalue weighted by atomic mass is 10.1. The van der Waals surface area contributed by atoms with Crippen molar-refractivity contribution >= 4 is 17.2 Å². The summed E-state index contributed by atoms with van der Waals surface area (Å²) < 4.78 is 0. The molecule has 1 heterocycles. The van der Waals surface area contributed by atoms with Crippen LogP contribution in [0.4, 0.5) is 11.4 Å². The van der Waals surface area contributed by atoms with E-state index in [1.54, 1.807) is 12.1 Å². The monoisotopic (exact) mass is 246 g/mol. The molecule has 1 aromatic carbocycles. The van der Waals surface area contributed by atoms with Gasteiger partial charge in [-0.2, -0.15) is 0 Å². The zero-order valence-corrected chi connectivity index (χ0v) is 9.96. The van der Waals surface area contributed by atoms with E-state index in [-0.39, 0.29) is 11.5 Å². The maximum absolute atomic E-state index is 11.5.